The van der Waals surface area contributed by atoms with E-state index in [1.807, 2.05) is 0 Å². The molecule has 0 radical (unpaired) electrons. The molecule has 0 aliphatic rings. The van der Waals surface area contributed by atoms with Gasteiger partial charge in [-0.1, -0.05) is 45.0 Å². The van der Waals surface area contributed by atoms with Crippen LogP contribution >= 0.6 is 11.6 Å². The second-order valence-corrected chi connectivity index (χ2v) is 5.34. The highest BCUT2D eigenvalue weighted by atomic mass is 35.5. The van der Waals surface area contributed by atoms with Gasteiger partial charge in [-0.3, -0.25) is 0 Å². The third kappa shape index (κ3) is 5.56. The Hall–Kier alpha value is -0.530. The Kier molecular flexibility index (Phi) is 6.61. The molecule has 1 nitrogen and oxygen atoms in total. The van der Waals surface area contributed by atoms with Crippen LogP contribution in [0.4, 0.5) is 0 Å². The third-order valence-corrected chi connectivity index (χ3v) is 3.34. The summed E-state index contributed by atoms with van der Waals surface area (Å²) in [6.07, 6.45) is 2.24. The van der Waals surface area contributed by atoms with E-state index in [2.05, 4.69) is 50.4 Å². The molecular weight excluding hydrogens is 230 g/mol. The maximum Gasteiger partial charge on any atom is 0.0377 e. The Balaban J connectivity index is 2.42. The SMILES string of the molecule is CCc1ccc(CNC(CCl)CC(C)C)cc1. The minimum absolute atomic E-state index is 0.419. The predicted molar refractivity (Wildman–Crippen MR) is 76.6 cm³/mol. The molecule has 0 heterocycles. The van der Waals surface area contributed by atoms with E-state index in [9.17, 15) is 0 Å². The lowest BCUT2D eigenvalue weighted by Crippen LogP contribution is -2.31. The van der Waals surface area contributed by atoms with Gasteiger partial charge in [-0.05, 0) is 29.9 Å². The normalized spacial score (nSPS) is 13.0. The van der Waals surface area contributed by atoms with Crippen molar-refractivity contribution < 1.29 is 0 Å². The van der Waals surface area contributed by atoms with Crippen molar-refractivity contribution >= 4 is 11.6 Å². The van der Waals surface area contributed by atoms with Crippen molar-refractivity contribution in [3.05, 3.63) is 35.4 Å². The highest BCUT2D eigenvalue weighted by Crippen LogP contribution is 2.09. The van der Waals surface area contributed by atoms with Crippen LogP contribution in [0.15, 0.2) is 24.3 Å². The van der Waals surface area contributed by atoms with Crippen LogP contribution < -0.4 is 5.32 Å². The van der Waals surface area contributed by atoms with Gasteiger partial charge in [0.2, 0.25) is 0 Å². The van der Waals surface area contributed by atoms with E-state index in [0.29, 0.717) is 17.8 Å². The highest BCUT2D eigenvalue weighted by molar-refractivity contribution is 6.18. The molecule has 2 heteroatoms. The highest BCUT2D eigenvalue weighted by Gasteiger charge is 2.08. The van der Waals surface area contributed by atoms with E-state index >= 15 is 0 Å². The van der Waals surface area contributed by atoms with Gasteiger partial charge < -0.3 is 5.32 Å². The molecule has 1 unspecified atom stereocenters. The molecule has 1 aromatic rings. The Bertz CT molecular complexity index is 305. The van der Waals surface area contributed by atoms with Crippen LogP contribution in [0.1, 0.15) is 38.3 Å². The van der Waals surface area contributed by atoms with Gasteiger partial charge in [-0.2, -0.15) is 0 Å². The standard InChI is InChI=1S/C15H24ClN/c1-4-13-5-7-14(8-6-13)11-17-15(10-16)9-12(2)3/h5-8,12,15,17H,4,9-11H2,1-3H3. The zero-order chi connectivity index (χ0) is 12.7. The maximum absolute atomic E-state index is 5.96. The quantitative estimate of drug-likeness (QED) is 0.725. The lowest BCUT2D eigenvalue weighted by atomic mass is 10.0. The molecule has 1 aromatic carbocycles. The van der Waals surface area contributed by atoms with Gasteiger partial charge >= 0.3 is 0 Å². The average Bonchev–Trinajstić information content (AvgIpc) is 2.34. The third-order valence-electron chi connectivity index (χ3n) is 2.97. The van der Waals surface area contributed by atoms with Crippen molar-refractivity contribution in [2.45, 2.75) is 46.2 Å². The number of halogens is 1. The van der Waals surface area contributed by atoms with Crippen molar-refractivity contribution in [1.29, 1.82) is 0 Å². The topological polar surface area (TPSA) is 12.0 Å². The summed E-state index contributed by atoms with van der Waals surface area (Å²) in [6.45, 7) is 7.56. The maximum atomic E-state index is 5.96. The summed E-state index contributed by atoms with van der Waals surface area (Å²) in [6, 6.07) is 9.23. The van der Waals surface area contributed by atoms with Gasteiger partial charge in [0, 0.05) is 18.5 Å². The molecule has 0 spiro atoms. The molecule has 0 fully saturated rings. The van der Waals surface area contributed by atoms with Crippen LogP contribution in [-0.4, -0.2) is 11.9 Å². The van der Waals surface area contributed by atoms with Crippen LogP contribution in [0, 0.1) is 5.92 Å². The van der Waals surface area contributed by atoms with Crippen molar-refractivity contribution in [3.8, 4) is 0 Å². The Labute approximate surface area is 111 Å². The molecule has 0 aliphatic heterocycles. The largest absolute Gasteiger partial charge is 0.309 e. The monoisotopic (exact) mass is 253 g/mol. The first kappa shape index (κ1) is 14.5. The van der Waals surface area contributed by atoms with Gasteiger partial charge in [0.1, 0.15) is 0 Å². The molecule has 0 saturated carbocycles. The summed E-state index contributed by atoms with van der Waals surface area (Å²) in [5, 5.41) is 3.52. The van der Waals surface area contributed by atoms with Crippen molar-refractivity contribution in [1.82, 2.24) is 5.32 Å². The van der Waals surface area contributed by atoms with E-state index in [1.165, 1.54) is 11.1 Å². The molecule has 96 valence electrons. The van der Waals surface area contributed by atoms with E-state index in [0.717, 1.165) is 19.4 Å². The summed E-state index contributed by atoms with van der Waals surface area (Å²) in [4.78, 5) is 0. The summed E-state index contributed by atoms with van der Waals surface area (Å²) in [7, 11) is 0. The molecule has 0 aliphatic carbocycles. The lowest BCUT2D eigenvalue weighted by molar-refractivity contribution is 0.445. The first-order valence-corrected chi connectivity index (χ1v) is 7.06. The Morgan fingerprint density at radius 2 is 1.71 bits per heavy atom. The molecular formula is C15H24ClN. The number of rotatable bonds is 7. The second kappa shape index (κ2) is 7.73. The van der Waals surface area contributed by atoms with Crippen LogP contribution in [-0.2, 0) is 13.0 Å². The van der Waals surface area contributed by atoms with E-state index in [-0.39, 0.29) is 0 Å². The number of benzene rings is 1. The zero-order valence-electron chi connectivity index (χ0n) is 11.2. The van der Waals surface area contributed by atoms with Gasteiger partial charge in [0.05, 0.1) is 0 Å². The summed E-state index contributed by atoms with van der Waals surface area (Å²) in [5.41, 5.74) is 2.73. The second-order valence-electron chi connectivity index (χ2n) is 5.03. The minimum atomic E-state index is 0.419. The van der Waals surface area contributed by atoms with Crippen molar-refractivity contribution in [2.75, 3.05) is 5.88 Å². The number of aryl methyl sites for hydroxylation is 1. The Morgan fingerprint density at radius 3 is 2.18 bits per heavy atom. The molecule has 1 N–H and O–H groups in total. The van der Waals surface area contributed by atoms with Gasteiger partial charge in [0.25, 0.3) is 0 Å². The first-order valence-electron chi connectivity index (χ1n) is 6.52. The number of nitrogens with one attached hydrogen (secondary N) is 1. The van der Waals surface area contributed by atoms with Crippen molar-refractivity contribution in [2.24, 2.45) is 5.92 Å². The lowest BCUT2D eigenvalue weighted by Gasteiger charge is -2.18. The van der Waals surface area contributed by atoms with Crippen LogP contribution in [0.5, 0.6) is 0 Å². The summed E-state index contributed by atoms with van der Waals surface area (Å²) >= 11 is 5.96. The van der Waals surface area contributed by atoms with E-state index in [1.54, 1.807) is 0 Å². The zero-order valence-corrected chi connectivity index (χ0v) is 11.9. The smallest absolute Gasteiger partial charge is 0.0377 e. The minimum Gasteiger partial charge on any atom is -0.309 e. The Morgan fingerprint density at radius 1 is 1.12 bits per heavy atom. The number of hydrogen-bond donors (Lipinski definition) is 1. The first-order chi connectivity index (χ1) is 8.15. The molecule has 0 amide bonds. The number of alkyl halides is 1. The fourth-order valence-electron chi connectivity index (χ4n) is 1.92. The molecule has 0 aromatic heterocycles. The number of hydrogen-bond acceptors (Lipinski definition) is 1. The fraction of sp³-hybridized carbons (Fsp3) is 0.600. The average molecular weight is 254 g/mol. The molecule has 0 bridgehead atoms. The van der Waals surface area contributed by atoms with E-state index in [4.69, 9.17) is 11.6 Å². The fourth-order valence-corrected chi connectivity index (χ4v) is 2.16. The van der Waals surface area contributed by atoms with Crippen LogP contribution in [0.2, 0.25) is 0 Å². The summed E-state index contributed by atoms with van der Waals surface area (Å²) < 4.78 is 0. The van der Waals surface area contributed by atoms with Crippen molar-refractivity contribution in [3.63, 3.8) is 0 Å². The molecule has 0 saturated heterocycles. The molecule has 1 rings (SSSR count). The molecule has 17 heavy (non-hydrogen) atoms. The predicted octanol–water partition coefficient (Wildman–Crippen LogP) is 3.99. The van der Waals surface area contributed by atoms with Crippen LogP contribution in [0.3, 0.4) is 0 Å². The summed E-state index contributed by atoms with van der Waals surface area (Å²) in [5.74, 6) is 1.37. The van der Waals surface area contributed by atoms with Gasteiger partial charge in [-0.15, -0.1) is 11.6 Å². The molecule has 1 atom stereocenters. The van der Waals surface area contributed by atoms with Gasteiger partial charge in [0.15, 0.2) is 0 Å². The van der Waals surface area contributed by atoms with E-state index < -0.39 is 0 Å². The van der Waals surface area contributed by atoms with Crippen LogP contribution in [0.25, 0.3) is 0 Å². The van der Waals surface area contributed by atoms with Gasteiger partial charge in [-0.25, -0.2) is 0 Å².